The molecule has 0 unspecified atom stereocenters. The van der Waals surface area contributed by atoms with Crippen LogP contribution in [0.2, 0.25) is 0 Å². The molecule has 4 nitrogen and oxygen atoms in total. The summed E-state index contributed by atoms with van der Waals surface area (Å²) in [5, 5.41) is 0. The molecule has 1 heterocycles. The monoisotopic (exact) mass is 356 g/mol. The first kappa shape index (κ1) is 16.6. The van der Waals surface area contributed by atoms with E-state index in [4.69, 9.17) is 17.0 Å². The van der Waals surface area contributed by atoms with Crippen LogP contribution < -0.4 is 4.74 Å². The van der Waals surface area contributed by atoms with Crippen molar-refractivity contribution < 1.29 is 17.7 Å². The topological polar surface area (TPSA) is 63.6 Å². The van der Waals surface area contributed by atoms with Crippen LogP contribution in [0, 0.1) is 3.82 Å². The molecule has 1 aliphatic rings. The van der Waals surface area contributed by atoms with E-state index in [-0.39, 0.29) is 40.2 Å². The van der Waals surface area contributed by atoms with Crippen molar-refractivity contribution in [2.75, 3.05) is 7.11 Å². The van der Waals surface area contributed by atoms with Crippen molar-refractivity contribution in [2.24, 2.45) is 0 Å². The zero-order valence-electron chi connectivity index (χ0n) is 9.67. The molecule has 2 aromatic rings. The second-order valence-corrected chi connectivity index (χ2v) is 8.21. The fraction of sp³-hybridized carbons (Fsp3) is 0.182. The van der Waals surface area contributed by atoms with Crippen LogP contribution in [0.1, 0.15) is 11.1 Å². The number of methoxy groups -OCH3 is 1. The normalized spacial score (nSPS) is 12.5. The number of hydrogen-bond donors (Lipinski definition) is 1. The third-order valence-corrected chi connectivity index (χ3v) is 7.16. The van der Waals surface area contributed by atoms with Gasteiger partial charge in [0.1, 0.15) is 14.5 Å². The summed E-state index contributed by atoms with van der Waals surface area (Å²) in [5.41, 5.74) is 2.36. The van der Waals surface area contributed by atoms with Gasteiger partial charge in [0.05, 0.1) is 12.0 Å². The van der Waals surface area contributed by atoms with Gasteiger partial charge in [0.2, 0.25) is 0 Å². The first-order valence-corrected chi connectivity index (χ1v) is 9.23. The van der Waals surface area contributed by atoms with E-state index in [1.165, 1.54) is 27.8 Å². The van der Waals surface area contributed by atoms with Gasteiger partial charge in [0, 0.05) is 12.0 Å². The van der Waals surface area contributed by atoms with E-state index < -0.39 is 10.1 Å². The number of fused-ring (bicyclic) bond motifs is 3. The Kier molecular flexibility index (Phi) is 4.78. The Labute approximate surface area is 150 Å². The number of ether oxygens (including phenoxy) is 1. The van der Waals surface area contributed by atoms with Gasteiger partial charge in [-0.25, -0.2) is 0 Å². The fourth-order valence-electron chi connectivity index (χ4n) is 2.25. The number of hydrogen-bond acceptors (Lipinski definition) is 6. The molecule has 3 rings (SSSR count). The van der Waals surface area contributed by atoms with E-state index in [1.807, 2.05) is 6.07 Å². The predicted octanol–water partition coefficient (Wildman–Crippen LogP) is 2.72. The van der Waals surface area contributed by atoms with Crippen LogP contribution in [0.15, 0.2) is 17.0 Å². The van der Waals surface area contributed by atoms with Crippen LogP contribution in [0.5, 0.6) is 5.75 Å². The quantitative estimate of drug-likeness (QED) is 0.331. The Morgan fingerprint density at radius 3 is 2.60 bits per heavy atom. The predicted molar refractivity (Wildman–Crippen MR) is 84.8 cm³/mol. The van der Waals surface area contributed by atoms with Crippen LogP contribution in [-0.4, -0.2) is 49.6 Å². The number of benzene rings is 1. The summed E-state index contributed by atoms with van der Waals surface area (Å²) in [4.78, 5) is 0.854. The molecule has 0 atom stereocenters. The third-order valence-electron chi connectivity index (χ3n) is 3.02. The molecule has 0 fully saturated rings. The van der Waals surface area contributed by atoms with Gasteiger partial charge in [0.15, 0.2) is 0 Å². The molecule has 0 radical (unpaired) electrons. The molecule has 0 spiro atoms. The van der Waals surface area contributed by atoms with Crippen LogP contribution in [0.3, 0.4) is 0 Å². The molecule has 1 aromatic carbocycles. The minimum absolute atomic E-state index is 0. The van der Waals surface area contributed by atoms with E-state index in [2.05, 4.69) is 0 Å². The second-order valence-electron chi connectivity index (χ2n) is 4.04. The summed E-state index contributed by atoms with van der Waals surface area (Å²) >= 11 is 5.24. The SMILES string of the molecule is COc1ccc2c(c1S(=O)(=O)O)Cc1c-2ssc1=S.[NaH]. The first-order valence-electron chi connectivity index (χ1n) is 5.23. The number of rotatable bonds is 2. The van der Waals surface area contributed by atoms with Gasteiger partial charge >= 0.3 is 29.6 Å². The molecule has 1 N–H and O–H groups in total. The molecule has 0 bridgehead atoms. The van der Waals surface area contributed by atoms with Crippen LogP contribution >= 0.6 is 32.9 Å². The van der Waals surface area contributed by atoms with Crippen molar-refractivity contribution in [3.63, 3.8) is 0 Å². The summed E-state index contributed by atoms with van der Waals surface area (Å²) in [6.45, 7) is 0. The summed E-state index contributed by atoms with van der Waals surface area (Å²) in [6.07, 6.45) is 0.426. The van der Waals surface area contributed by atoms with Crippen molar-refractivity contribution in [1.82, 2.24) is 0 Å². The van der Waals surface area contributed by atoms with Gasteiger partial charge in [-0.1, -0.05) is 32.9 Å². The summed E-state index contributed by atoms with van der Waals surface area (Å²) < 4.78 is 38.4. The third kappa shape index (κ3) is 2.52. The maximum atomic E-state index is 11.6. The summed E-state index contributed by atoms with van der Waals surface area (Å²) in [7, 11) is 0.0878. The van der Waals surface area contributed by atoms with E-state index in [0.717, 1.165) is 19.8 Å². The van der Waals surface area contributed by atoms with E-state index >= 15 is 0 Å². The Morgan fingerprint density at radius 1 is 1.30 bits per heavy atom. The van der Waals surface area contributed by atoms with Crippen LogP contribution in [0.25, 0.3) is 10.4 Å². The molecule has 1 aromatic heterocycles. The standard InChI is InChI=1S/C11H8O4S4.Na.H/c1-15-8-3-2-5-6(10(8)19(12,13)14)4-7-9(5)17-18-11(7)16;;/h2-3H,4H2,1H3,(H,12,13,14);;. The average molecular weight is 356 g/mol. The Morgan fingerprint density at radius 2 is 2.00 bits per heavy atom. The Hall–Kier alpha value is 0.200. The van der Waals surface area contributed by atoms with E-state index in [9.17, 15) is 13.0 Å². The van der Waals surface area contributed by atoms with Crippen molar-refractivity contribution in [3.8, 4) is 16.2 Å². The van der Waals surface area contributed by atoms with Crippen LogP contribution in [0.4, 0.5) is 0 Å². The molecule has 9 heteroatoms. The molecule has 0 amide bonds. The molecule has 1 aliphatic carbocycles. The van der Waals surface area contributed by atoms with Gasteiger partial charge in [-0.2, -0.15) is 8.42 Å². The van der Waals surface area contributed by atoms with Crippen molar-refractivity contribution in [2.45, 2.75) is 11.3 Å². The fourth-order valence-corrected chi connectivity index (χ4v) is 6.10. The van der Waals surface area contributed by atoms with Crippen molar-refractivity contribution in [3.05, 3.63) is 27.1 Å². The second kappa shape index (κ2) is 5.77. The van der Waals surface area contributed by atoms with Crippen LogP contribution in [-0.2, 0) is 16.5 Å². The van der Waals surface area contributed by atoms with Gasteiger partial charge in [-0.05, 0) is 23.3 Å². The molecular weight excluding hydrogens is 347 g/mol. The molecule has 102 valence electrons. The molecular formula is C11H9NaO4S4. The maximum absolute atomic E-state index is 11.6. The van der Waals surface area contributed by atoms with E-state index in [1.54, 1.807) is 6.07 Å². The average Bonchev–Trinajstić information content (AvgIpc) is 2.87. The molecule has 0 aliphatic heterocycles. The van der Waals surface area contributed by atoms with Gasteiger partial charge in [-0.3, -0.25) is 4.55 Å². The minimum atomic E-state index is -4.33. The molecule has 20 heavy (non-hydrogen) atoms. The van der Waals surface area contributed by atoms with Crippen molar-refractivity contribution in [1.29, 1.82) is 0 Å². The van der Waals surface area contributed by atoms with Crippen molar-refractivity contribution >= 4 is 72.6 Å². The van der Waals surface area contributed by atoms with Gasteiger partial charge in [-0.15, -0.1) is 0 Å². The van der Waals surface area contributed by atoms with E-state index in [0.29, 0.717) is 12.0 Å². The Balaban J connectivity index is 0.00000147. The Bertz CT molecular complexity index is 835. The molecule has 0 saturated heterocycles. The van der Waals surface area contributed by atoms with Gasteiger partial charge in [0.25, 0.3) is 10.1 Å². The summed E-state index contributed by atoms with van der Waals surface area (Å²) in [5.74, 6) is 0.158. The van der Waals surface area contributed by atoms with Gasteiger partial charge < -0.3 is 4.74 Å². The molecule has 0 saturated carbocycles. The summed E-state index contributed by atoms with van der Waals surface area (Å²) in [6, 6.07) is 3.37. The first-order chi connectivity index (χ1) is 8.93. The zero-order chi connectivity index (χ0) is 13.8. The zero-order valence-corrected chi connectivity index (χ0v) is 12.9.